The van der Waals surface area contributed by atoms with Crippen LogP contribution < -0.4 is 5.32 Å². The SMILES string of the molecule is CCCCCCCCC/C=C\CCCCCCCC(=O)OCCCCCCCCCCCCCC/C=C\CCCCCCCCCCCCC(=O)NC(CO)C(O)/C=C/CCCCCCCCCCC. The van der Waals surface area contributed by atoms with E-state index in [9.17, 15) is 19.8 Å². The summed E-state index contributed by atoms with van der Waals surface area (Å²) in [5.74, 6) is -0.0643. The molecule has 6 nitrogen and oxygen atoms in total. The highest BCUT2D eigenvalue weighted by Crippen LogP contribution is 2.17. The Bertz CT molecular complexity index is 1130. The molecule has 0 aliphatic rings. The quantitative estimate of drug-likeness (QED) is 0.0321. The molecule has 6 heteroatoms. The van der Waals surface area contributed by atoms with Crippen LogP contribution in [0.15, 0.2) is 36.5 Å². The monoisotopic (exact) mass is 984 g/mol. The van der Waals surface area contributed by atoms with Crippen molar-refractivity contribution < 1.29 is 24.5 Å². The number of nitrogens with one attached hydrogen (secondary N) is 1. The number of esters is 1. The molecule has 0 saturated carbocycles. The van der Waals surface area contributed by atoms with E-state index in [2.05, 4.69) is 43.5 Å². The number of amides is 1. The van der Waals surface area contributed by atoms with Gasteiger partial charge in [0.05, 0.1) is 25.4 Å². The van der Waals surface area contributed by atoms with Crippen LogP contribution in [0.5, 0.6) is 0 Å². The third kappa shape index (κ3) is 55.4. The van der Waals surface area contributed by atoms with Gasteiger partial charge in [0.15, 0.2) is 0 Å². The van der Waals surface area contributed by atoms with Crippen LogP contribution in [0.3, 0.4) is 0 Å². The van der Waals surface area contributed by atoms with Gasteiger partial charge in [-0.25, -0.2) is 0 Å². The number of carbonyl (C=O) groups excluding carboxylic acids is 2. The topological polar surface area (TPSA) is 95.9 Å². The third-order valence-corrected chi connectivity index (χ3v) is 14.4. The molecule has 0 rings (SSSR count). The maximum atomic E-state index is 12.4. The van der Waals surface area contributed by atoms with Crippen LogP contribution in [0.1, 0.15) is 335 Å². The van der Waals surface area contributed by atoms with E-state index in [0.29, 0.717) is 19.4 Å². The van der Waals surface area contributed by atoms with Crippen LogP contribution in [-0.4, -0.2) is 47.4 Å². The zero-order valence-corrected chi connectivity index (χ0v) is 47.0. The summed E-state index contributed by atoms with van der Waals surface area (Å²) in [4.78, 5) is 24.5. The first-order chi connectivity index (χ1) is 34.5. The van der Waals surface area contributed by atoms with Crippen molar-refractivity contribution in [2.45, 2.75) is 347 Å². The minimum Gasteiger partial charge on any atom is -0.466 e. The summed E-state index contributed by atoms with van der Waals surface area (Å²) < 4.78 is 5.49. The van der Waals surface area contributed by atoms with Crippen molar-refractivity contribution in [1.29, 1.82) is 0 Å². The fourth-order valence-corrected chi connectivity index (χ4v) is 9.57. The zero-order chi connectivity index (χ0) is 50.7. The summed E-state index contributed by atoms with van der Waals surface area (Å²) in [6, 6.07) is -0.628. The summed E-state index contributed by atoms with van der Waals surface area (Å²) in [6.45, 7) is 4.89. The van der Waals surface area contributed by atoms with Gasteiger partial charge in [-0.05, 0) is 83.5 Å². The van der Waals surface area contributed by atoms with Crippen molar-refractivity contribution >= 4 is 11.9 Å². The van der Waals surface area contributed by atoms with Gasteiger partial charge in [-0.2, -0.15) is 0 Å². The molecule has 0 heterocycles. The predicted molar refractivity (Wildman–Crippen MR) is 306 cm³/mol. The number of carbonyl (C=O) groups is 2. The predicted octanol–water partition coefficient (Wildman–Crippen LogP) is 19.6. The first kappa shape index (κ1) is 68.1. The van der Waals surface area contributed by atoms with E-state index in [1.165, 1.54) is 263 Å². The van der Waals surface area contributed by atoms with Crippen LogP contribution in [0.2, 0.25) is 0 Å². The second-order valence-corrected chi connectivity index (χ2v) is 21.4. The van der Waals surface area contributed by atoms with E-state index < -0.39 is 12.1 Å². The van der Waals surface area contributed by atoms with E-state index in [-0.39, 0.29) is 18.5 Å². The van der Waals surface area contributed by atoms with E-state index in [0.717, 1.165) is 44.9 Å². The number of ether oxygens (including phenoxy) is 1. The van der Waals surface area contributed by atoms with Crippen molar-refractivity contribution in [1.82, 2.24) is 5.32 Å². The zero-order valence-electron chi connectivity index (χ0n) is 47.0. The highest BCUT2D eigenvalue weighted by molar-refractivity contribution is 5.76. The summed E-state index contributed by atoms with van der Waals surface area (Å²) in [5.41, 5.74) is 0. The number of allylic oxidation sites excluding steroid dienone is 5. The minimum atomic E-state index is -0.844. The van der Waals surface area contributed by atoms with Crippen molar-refractivity contribution in [2.24, 2.45) is 0 Å². The molecule has 0 bridgehead atoms. The molecule has 2 atom stereocenters. The Balaban J connectivity index is 3.38. The second-order valence-electron chi connectivity index (χ2n) is 21.4. The van der Waals surface area contributed by atoms with Crippen LogP contribution in [-0.2, 0) is 14.3 Å². The lowest BCUT2D eigenvalue weighted by molar-refractivity contribution is -0.143. The Morgan fingerprint density at radius 3 is 1.01 bits per heavy atom. The number of hydrogen-bond donors (Lipinski definition) is 3. The normalized spacial score (nSPS) is 12.8. The highest BCUT2D eigenvalue weighted by Gasteiger charge is 2.18. The fourth-order valence-electron chi connectivity index (χ4n) is 9.57. The molecule has 0 saturated heterocycles. The van der Waals surface area contributed by atoms with Gasteiger partial charge in [0.25, 0.3) is 0 Å². The Kier molecular flexibility index (Phi) is 58.0. The van der Waals surface area contributed by atoms with Crippen molar-refractivity contribution in [2.75, 3.05) is 13.2 Å². The standard InChI is InChI=1S/C64H121NO5/c1-3-5-7-9-11-13-15-16-17-31-34-38-42-46-50-54-58-64(69)70-59-55-51-47-43-39-35-32-29-27-25-23-21-19-18-20-22-24-26-28-30-33-37-41-45-49-53-57-63(68)65-61(60-66)62(67)56-52-48-44-40-36-14-12-10-8-6-4-2/h17-18,20,31,52,56,61-62,66-67H,3-16,19,21-30,32-51,53-55,57-60H2,1-2H3,(H,65,68)/b20-18-,31-17-,56-52+. The Labute approximate surface area is 436 Å². The maximum absolute atomic E-state index is 12.4. The molecule has 0 aliphatic carbocycles. The lowest BCUT2D eigenvalue weighted by Gasteiger charge is -2.20. The van der Waals surface area contributed by atoms with E-state index in [1.807, 2.05) is 6.08 Å². The number of hydrogen-bond acceptors (Lipinski definition) is 5. The molecule has 1 amide bonds. The lowest BCUT2D eigenvalue weighted by Crippen LogP contribution is -2.45. The Morgan fingerprint density at radius 1 is 0.386 bits per heavy atom. The van der Waals surface area contributed by atoms with Gasteiger partial charge in [0, 0.05) is 12.8 Å². The molecule has 70 heavy (non-hydrogen) atoms. The molecular formula is C64H121NO5. The molecule has 3 N–H and O–H groups in total. The molecule has 2 unspecified atom stereocenters. The van der Waals surface area contributed by atoms with Crippen molar-refractivity contribution in [3.05, 3.63) is 36.5 Å². The first-order valence-corrected chi connectivity index (χ1v) is 31.3. The van der Waals surface area contributed by atoms with Crippen molar-refractivity contribution in [3.8, 4) is 0 Å². The van der Waals surface area contributed by atoms with Gasteiger partial charge in [-0.15, -0.1) is 0 Å². The average molecular weight is 985 g/mol. The minimum absolute atomic E-state index is 0.00641. The molecule has 0 radical (unpaired) electrons. The molecule has 0 aromatic rings. The van der Waals surface area contributed by atoms with Gasteiger partial charge < -0.3 is 20.3 Å². The smallest absolute Gasteiger partial charge is 0.305 e. The van der Waals surface area contributed by atoms with Gasteiger partial charge in [-0.1, -0.05) is 275 Å². The van der Waals surface area contributed by atoms with Crippen LogP contribution >= 0.6 is 0 Å². The van der Waals surface area contributed by atoms with Crippen LogP contribution in [0.4, 0.5) is 0 Å². The Morgan fingerprint density at radius 2 is 0.671 bits per heavy atom. The van der Waals surface area contributed by atoms with Crippen molar-refractivity contribution in [3.63, 3.8) is 0 Å². The summed E-state index contributed by atoms with van der Waals surface area (Å²) in [5, 5.41) is 23.0. The number of rotatable bonds is 58. The summed E-state index contributed by atoms with van der Waals surface area (Å²) >= 11 is 0. The van der Waals surface area contributed by atoms with Gasteiger partial charge in [0.2, 0.25) is 5.91 Å². The van der Waals surface area contributed by atoms with Crippen LogP contribution in [0.25, 0.3) is 0 Å². The first-order valence-electron chi connectivity index (χ1n) is 31.3. The van der Waals surface area contributed by atoms with E-state index >= 15 is 0 Å². The number of aliphatic hydroxyl groups is 2. The van der Waals surface area contributed by atoms with Gasteiger partial charge in [0.1, 0.15) is 0 Å². The molecule has 0 aromatic heterocycles. The number of unbranched alkanes of at least 4 members (excludes halogenated alkanes) is 43. The average Bonchev–Trinajstić information content (AvgIpc) is 3.36. The third-order valence-electron chi connectivity index (χ3n) is 14.4. The largest absolute Gasteiger partial charge is 0.466 e. The van der Waals surface area contributed by atoms with Gasteiger partial charge >= 0.3 is 5.97 Å². The van der Waals surface area contributed by atoms with E-state index in [4.69, 9.17) is 4.74 Å². The molecule has 0 aliphatic heterocycles. The summed E-state index contributed by atoms with van der Waals surface area (Å²) in [6.07, 6.45) is 74.8. The second kappa shape index (κ2) is 59.6. The molecule has 0 spiro atoms. The molecule has 0 aromatic carbocycles. The highest BCUT2D eigenvalue weighted by atomic mass is 16.5. The lowest BCUT2D eigenvalue weighted by atomic mass is 10.0. The van der Waals surface area contributed by atoms with Crippen LogP contribution in [0, 0.1) is 0 Å². The fraction of sp³-hybridized carbons (Fsp3) is 0.875. The molecular weight excluding hydrogens is 863 g/mol. The maximum Gasteiger partial charge on any atom is 0.305 e. The van der Waals surface area contributed by atoms with E-state index in [1.54, 1.807) is 6.08 Å². The number of aliphatic hydroxyl groups excluding tert-OH is 2. The summed E-state index contributed by atoms with van der Waals surface area (Å²) in [7, 11) is 0. The molecule has 412 valence electrons. The van der Waals surface area contributed by atoms with Gasteiger partial charge in [-0.3, -0.25) is 9.59 Å². The molecule has 0 fully saturated rings. The Hall–Kier alpha value is -1.92.